The van der Waals surface area contributed by atoms with E-state index in [0.717, 1.165) is 19.3 Å². The predicted octanol–water partition coefficient (Wildman–Crippen LogP) is 2.53. The maximum atomic E-state index is 9.90. The highest BCUT2D eigenvalue weighted by atomic mass is 16.3. The summed E-state index contributed by atoms with van der Waals surface area (Å²) in [6.07, 6.45) is 8.31. The van der Waals surface area contributed by atoms with Gasteiger partial charge in [-0.25, -0.2) is 0 Å². The van der Waals surface area contributed by atoms with Crippen LogP contribution in [0.2, 0.25) is 0 Å². The molecule has 0 amide bonds. The Balaban J connectivity index is 2.54. The zero-order chi connectivity index (χ0) is 11.3. The Morgan fingerprint density at radius 2 is 2.40 bits per heavy atom. The molecule has 2 N–H and O–H groups in total. The van der Waals surface area contributed by atoms with Crippen molar-refractivity contribution >= 4 is 0 Å². The van der Waals surface area contributed by atoms with Gasteiger partial charge in [0.05, 0.1) is 12.1 Å². The van der Waals surface area contributed by atoms with Crippen molar-refractivity contribution in [2.45, 2.75) is 45.3 Å². The van der Waals surface area contributed by atoms with Crippen LogP contribution in [0, 0.1) is 0 Å². The molecule has 84 valence electrons. The van der Waals surface area contributed by atoms with Gasteiger partial charge in [-0.3, -0.25) is 0 Å². The van der Waals surface area contributed by atoms with Gasteiger partial charge in [0.2, 0.25) is 0 Å². The van der Waals surface area contributed by atoms with Crippen LogP contribution in [0.5, 0.6) is 0 Å². The van der Waals surface area contributed by atoms with Crippen LogP contribution in [0.15, 0.2) is 36.1 Å². The van der Waals surface area contributed by atoms with Crippen molar-refractivity contribution in [2.75, 3.05) is 0 Å². The summed E-state index contributed by atoms with van der Waals surface area (Å²) in [5, 5.41) is 13.1. The fraction of sp³-hybridized carbons (Fsp3) is 0.538. The number of hydrogen-bond donors (Lipinski definition) is 2. The Hall–Kier alpha value is -1.02. The van der Waals surface area contributed by atoms with E-state index < -0.39 is 0 Å². The second kappa shape index (κ2) is 5.76. The Bertz CT molecular complexity index is 278. The lowest BCUT2D eigenvalue weighted by Gasteiger charge is -2.25. The number of aliphatic hydroxyl groups is 1. The van der Waals surface area contributed by atoms with Crippen LogP contribution in [-0.4, -0.2) is 17.3 Å². The molecule has 15 heavy (non-hydrogen) atoms. The Morgan fingerprint density at radius 3 is 2.93 bits per heavy atom. The second-order valence-electron chi connectivity index (χ2n) is 4.00. The largest absolute Gasteiger partial charge is 0.391 e. The fourth-order valence-electron chi connectivity index (χ4n) is 1.81. The summed E-state index contributed by atoms with van der Waals surface area (Å²) in [6.45, 7) is 7.90. The minimum Gasteiger partial charge on any atom is -0.391 e. The fourth-order valence-corrected chi connectivity index (χ4v) is 1.81. The number of hydrogen-bond acceptors (Lipinski definition) is 2. The standard InChI is InChI=1S/C13H21NO/c1-4-6-7-13(15)12-8-10(3)11(5-2)9-14-12/h4,8-9,12-15H,1,5-7H2,2-3H3. The molecule has 1 aliphatic rings. The van der Waals surface area contributed by atoms with Gasteiger partial charge < -0.3 is 10.4 Å². The molecule has 0 saturated heterocycles. The van der Waals surface area contributed by atoms with E-state index in [0.29, 0.717) is 0 Å². The highest BCUT2D eigenvalue weighted by Gasteiger charge is 2.18. The van der Waals surface area contributed by atoms with Gasteiger partial charge in [0.1, 0.15) is 0 Å². The van der Waals surface area contributed by atoms with Crippen LogP contribution < -0.4 is 5.32 Å². The minimum atomic E-state index is -0.326. The Labute approximate surface area is 92.4 Å². The van der Waals surface area contributed by atoms with Crippen LogP contribution in [-0.2, 0) is 0 Å². The number of allylic oxidation sites excluding steroid dienone is 3. The Kier molecular flexibility index (Phi) is 4.63. The summed E-state index contributed by atoms with van der Waals surface area (Å²) >= 11 is 0. The maximum absolute atomic E-state index is 9.90. The Morgan fingerprint density at radius 1 is 1.67 bits per heavy atom. The zero-order valence-electron chi connectivity index (χ0n) is 9.66. The normalized spacial score (nSPS) is 22.5. The topological polar surface area (TPSA) is 32.3 Å². The lowest BCUT2D eigenvalue weighted by molar-refractivity contribution is 0.141. The number of rotatable bonds is 5. The minimum absolute atomic E-state index is 0.0558. The molecule has 0 aromatic rings. The van der Waals surface area contributed by atoms with E-state index in [1.54, 1.807) is 0 Å². The molecule has 0 spiro atoms. The highest BCUT2D eigenvalue weighted by Crippen LogP contribution is 2.19. The molecule has 0 aromatic heterocycles. The van der Waals surface area contributed by atoms with Gasteiger partial charge in [-0.2, -0.15) is 0 Å². The van der Waals surface area contributed by atoms with Crippen LogP contribution >= 0.6 is 0 Å². The van der Waals surface area contributed by atoms with Crippen molar-refractivity contribution in [3.05, 3.63) is 36.1 Å². The molecule has 0 aromatic carbocycles. The van der Waals surface area contributed by atoms with Gasteiger partial charge in [-0.05, 0) is 37.3 Å². The van der Waals surface area contributed by atoms with Crippen molar-refractivity contribution in [1.82, 2.24) is 5.32 Å². The lowest BCUT2D eigenvalue weighted by Crippen LogP contribution is -2.37. The van der Waals surface area contributed by atoms with Gasteiger partial charge in [0.15, 0.2) is 0 Å². The van der Waals surface area contributed by atoms with Gasteiger partial charge in [-0.15, -0.1) is 6.58 Å². The number of aliphatic hydroxyl groups excluding tert-OH is 1. The molecule has 2 unspecified atom stereocenters. The van der Waals surface area contributed by atoms with Crippen molar-refractivity contribution < 1.29 is 5.11 Å². The van der Waals surface area contributed by atoms with E-state index in [-0.39, 0.29) is 12.1 Å². The van der Waals surface area contributed by atoms with Gasteiger partial charge in [0, 0.05) is 6.20 Å². The van der Waals surface area contributed by atoms with E-state index in [2.05, 4.69) is 31.8 Å². The first kappa shape index (κ1) is 12.1. The molecular formula is C13H21NO. The SMILES string of the molecule is C=CCCC(O)C1C=C(C)C(CC)=CN1. The van der Waals surface area contributed by atoms with E-state index in [1.807, 2.05) is 12.3 Å². The predicted molar refractivity (Wildman–Crippen MR) is 64.5 cm³/mol. The molecule has 1 heterocycles. The van der Waals surface area contributed by atoms with Crippen LogP contribution in [0.25, 0.3) is 0 Å². The molecule has 0 fully saturated rings. The summed E-state index contributed by atoms with van der Waals surface area (Å²) in [4.78, 5) is 0. The smallest absolute Gasteiger partial charge is 0.0780 e. The third kappa shape index (κ3) is 3.24. The first-order valence-electron chi connectivity index (χ1n) is 5.61. The highest BCUT2D eigenvalue weighted by molar-refractivity contribution is 5.33. The first-order chi connectivity index (χ1) is 7.19. The van der Waals surface area contributed by atoms with Gasteiger partial charge in [-0.1, -0.05) is 19.1 Å². The average Bonchev–Trinajstić information content (AvgIpc) is 2.25. The van der Waals surface area contributed by atoms with Gasteiger partial charge >= 0.3 is 0 Å². The summed E-state index contributed by atoms with van der Waals surface area (Å²) < 4.78 is 0. The molecule has 0 saturated carbocycles. The maximum Gasteiger partial charge on any atom is 0.0780 e. The second-order valence-corrected chi connectivity index (χ2v) is 4.00. The monoisotopic (exact) mass is 207 g/mol. The van der Waals surface area contributed by atoms with E-state index in [9.17, 15) is 5.11 Å². The quantitative estimate of drug-likeness (QED) is 0.679. The van der Waals surface area contributed by atoms with Crippen molar-refractivity contribution in [2.24, 2.45) is 0 Å². The molecule has 2 heteroatoms. The average molecular weight is 207 g/mol. The van der Waals surface area contributed by atoms with Crippen molar-refractivity contribution in [3.8, 4) is 0 Å². The molecule has 0 aliphatic carbocycles. The number of nitrogens with one attached hydrogen (secondary N) is 1. The third-order valence-electron chi connectivity index (χ3n) is 2.85. The molecule has 1 aliphatic heterocycles. The summed E-state index contributed by atoms with van der Waals surface area (Å²) in [5.74, 6) is 0. The van der Waals surface area contributed by atoms with E-state index >= 15 is 0 Å². The number of dihydropyridines is 1. The van der Waals surface area contributed by atoms with Crippen LogP contribution in [0.4, 0.5) is 0 Å². The molecule has 1 rings (SSSR count). The lowest BCUT2D eigenvalue weighted by atomic mass is 9.96. The zero-order valence-corrected chi connectivity index (χ0v) is 9.66. The molecule has 0 bridgehead atoms. The molecule has 2 atom stereocenters. The first-order valence-corrected chi connectivity index (χ1v) is 5.61. The molecule has 0 radical (unpaired) electrons. The third-order valence-corrected chi connectivity index (χ3v) is 2.85. The van der Waals surface area contributed by atoms with Crippen molar-refractivity contribution in [3.63, 3.8) is 0 Å². The van der Waals surface area contributed by atoms with Crippen LogP contribution in [0.1, 0.15) is 33.1 Å². The van der Waals surface area contributed by atoms with Gasteiger partial charge in [0.25, 0.3) is 0 Å². The van der Waals surface area contributed by atoms with Crippen molar-refractivity contribution in [1.29, 1.82) is 0 Å². The van der Waals surface area contributed by atoms with E-state index in [4.69, 9.17) is 0 Å². The summed E-state index contributed by atoms with van der Waals surface area (Å²) in [7, 11) is 0. The van der Waals surface area contributed by atoms with Crippen LogP contribution in [0.3, 0.4) is 0 Å². The summed E-state index contributed by atoms with van der Waals surface area (Å²) in [5.41, 5.74) is 2.60. The van der Waals surface area contributed by atoms with E-state index in [1.165, 1.54) is 11.1 Å². The molecule has 2 nitrogen and oxygen atoms in total. The molecular weight excluding hydrogens is 186 g/mol. The summed E-state index contributed by atoms with van der Waals surface area (Å²) in [6, 6.07) is 0.0558.